The number of aliphatic hydroxyl groups excluding tert-OH is 1. The van der Waals surface area contributed by atoms with Gasteiger partial charge in [-0.2, -0.15) is 0 Å². The highest BCUT2D eigenvalue weighted by molar-refractivity contribution is 5.69. The maximum atomic E-state index is 13.4. The molecule has 0 aromatic rings. The average molecular weight is 621 g/mol. The molecule has 11 atom stereocenters. The molecule has 0 bridgehead atoms. The van der Waals surface area contributed by atoms with Gasteiger partial charge in [-0.25, -0.2) is 9.59 Å². The van der Waals surface area contributed by atoms with E-state index in [1.54, 1.807) is 0 Å². The lowest BCUT2D eigenvalue weighted by Crippen LogP contribution is -2.67. The molecule has 252 valence electrons. The molecule has 0 aromatic heterocycles. The van der Waals surface area contributed by atoms with Gasteiger partial charge in [0, 0.05) is 18.5 Å². The second-order valence-corrected chi connectivity index (χ2v) is 17.0. The second-order valence-electron chi connectivity index (χ2n) is 17.0. The Kier molecular flexibility index (Phi) is 10.0. The maximum absolute atomic E-state index is 13.4. The SMILES string of the molecule is COC(=O)CC[C@@H](C)[C@H]1CC[C@H]2[C@@H]3[C@H](NC(=O)OC(C)(C)C)C[C@@H]4C[C@H](O)CC[C@]4(C)[C@H]3C[C@H](NC(=O)OC(C)(C)C)[C@]12C. The zero-order valence-electron chi connectivity index (χ0n) is 29.0. The monoisotopic (exact) mass is 620 g/mol. The summed E-state index contributed by atoms with van der Waals surface area (Å²) >= 11 is 0. The summed E-state index contributed by atoms with van der Waals surface area (Å²) in [6, 6.07) is -0.213. The van der Waals surface area contributed by atoms with Gasteiger partial charge >= 0.3 is 18.2 Å². The Labute approximate surface area is 265 Å². The summed E-state index contributed by atoms with van der Waals surface area (Å²) in [6.07, 6.45) is 6.01. The Morgan fingerprint density at radius 2 is 1.50 bits per heavy atom. The third-order valence-electron chi connectivity index (χ3n) is 12.0. The van der Waals surface area contributed by atoms with Gasteiger partial charge in [-0.05, 0) is 139 Å². The van der Waals surface area contributed by atoms with Crippen molar-refractivity contribution in [2.24, 2.45) is 46.3 Å². The van der Waals surface area contributed by atoms with Crippen molar-refractivity contribution >= 4 is 18.2 Å². The zero-order chi connectivity index (χ0) is 32.8. The highest BCUT2D eigenvalue weighted by atomic mass is 16.6. The minimum atomic E-state index is -0.617. The van der Waals surface area contributed by atoms with Crippen LogP contribution in [0.5, 0.6) is 0 Å². The molecule has 4 aliphatic rings. The van der Waals surface area contributed by atoms with E-state index in [2.05, 4.69) is 31.4 Å². The molecular weight excluding hydrogens is 560 g/mol. The van der Waals surface area contributed by atoms with Crippen molar-refractivity contribution in [3.63, 3.8) is 0 Å². The van der Waals surface area contributed by atoms with Gasteiger partial charge in [-0.15, -0.1) is 0 Å². The highest BCUT2D eigenvalue weighted by Crippen LogP contribution is 2.68. The largest absolute Gasteiger partial charge is 0.469 e. The summed E-state index contributed by atoms with van der Waals surface area (Å²) < 4.78 is 16.5. The zero-order valence-corrected chi connectivity index (χ0v) is 29.0. The maximum Gasteiger partial charge on any atom is 0.407 e. The minimum absolute atomic E-state index is 0.0141. The van der Waals surface area contributed by atoms with Gasteiger partial charge in [0.2, 0.25) is 0 Å². The number of esters is 1. The molecule has 9 nitrogen and oxygen atoms in total. The van der Waals surface area contributed by atoms with Crippen LogP contribution in [0.1, 0.15) is 120 Å². The lowest BCUT2D eigenvalue weighted by Gasteiger charge is -2.65. The topological polar surface area (TPSA) is 123 Å². The van der Waals surface area contributed by atoms with Gasteiger partial charge in [-0.3, -0.25) is 4.79 Å². The number of carbonyl (C=O) groups is 3. The van der Waals surface area contributed by atoms with Gasteiger partial charge in [0.05, 0.1) is 13.2 Å². The third-order valence-corrected chi connectivity index (χ3v) is 12.0. The summed E-state index contributed by atoms with van der Waals surface area (Å²) in [4.78, 5) is 38.8. The van der Waals surface area contributed by atoms with E-state index in [-0.39, 0.29) is 70.5 Å². The summed E-state index contributed by atoms with van der Waals surface area (Å²) in [5.41, 5.74) is -1.50. The molecule has 2 amide bonds. The van der Waals surface area contributed by atoms with Crippen molar-refractivity contribution in [1.82, 2.24) is 10.6 Å². The molecule has 3 N–H and O–H groups in total. The van der Waals surface area contributed by atoms with Crippen LogP contribution in [0.3, 0.4) is 0 Å². The van der Waals surface area contributed by atoms with E-state index in [1.165, 1.54) is 7.11 Å². The molecule has 4 fully saturated rings. The van der Waals surface area contributed by atoms with Crippen molar-refractivity contribution in [2.75, 3.05) is 7.11 Å². The van der Waals surface area contributed by atoms with Crippen LogP contribution in [0, 0.1) is 46.3 Å². The number of fused-ring (bicyclic) bond motifs is 5. The van der Waals surface area contributed by atoms with Crippen LogP contribution in [0.15, 0.2) is 0 Å². The summed E-state index contributed by atoms with van der Waals surface area (Å²) in [5, 5.41) is 17.4. The van der Waals surface area contributed by atoms with Crippen molar-refractivity contribution in [2.45, 2.75) is 149 Å². The Morgan fingerprint density at radius 1 is 0.886 bits per heavy atom. The molecule has 44 heavy (non-hydrogen) atoms. The molecule has 9 heteroatoms. The first-order chi connectivity index (χ1) is 20.3. The first-order valence-corrected chi connectivity index (χ1v) is 17.0. The van der Waals surface area contributed by atoms with Gasteiger partial charge in [0.25, 0.3) is 0 Å². The van der Waals surface area contributed by atoms with Gasteiger partial charge < -0.3 is 30.0 Å². The summed E-state index contributed by atoms with van der Waals surface area (Å²) in [7, 11) is 1.43. The van der Waals surface area contributed by atoms with Crippen LogP contribution in [0.25, 0.3) is 0 Å². The Bertz CT molecular complexity index is 1070. The number of rotatable bonds is 6. The van der Waals surface area contributed by atoms with E-state index in [4.69, 9.17) is 14.2 Å². The van der Waals surface area contributed by atoms with Crippen LogP contribution >= 0.6 is 0 Å². The van der Waals surface area contributed by atoms with Crippen molar-refractivity contribution in [3.8, 4) is 0 Å². The molecular formula is C35H60N2O7. The molecule has 0 heterocycles. The predicted molar refractivity (Wildman–Crippen MR) is 169 cm³/mol. The average Bonchev–Trinajstić information content (AvgIpc) is 3.24. The van der Waals surface area contributed by atoms with Crippen LogP contribution in [0.2, 0.25) is 0 Å². The lowest BCUT2D eigenvalue weighted by atomic mass is 9.42. The predicted octanol–water partition coefficient (Wildman–Crippen LogP) is 6.60. The molecule has 4 rings (SSSR count). The molecule has 0 unspecified atom stereocenters. The Hall–Kier alpha value is -2.03. The van der Waals surface area contributed by atoms with Crippen LogP contribution < -0.4 is 10.6 Å². The van der Waals surface area contributed by atoms with E-state index in [0.29, 0.717) is 6.42 Å². The fourth-order valence-electron chi connectivity index (χ4n) is 10.1. The van der Waals surface area contributed by atoms with Crippen LogP contribution in [-0.2, 0) is 19.0 Å². The van der Waals surface area contributed by atoms with Gasteiger partial charge in [0.15, 0.2) is 0 Å². The number of aliphatic hydroxyl groups is 1. The normalized spacial score (nSPS) is 39.2. The standard InChI is InChI=1S/C35H60N2O7/c1-20(11-14-28(39)42-10)23-12-13-24-29-25(19-27(35(23,24)9)37-31(41)44-33(5,6)7)34(8)16-15-22(38)17-21(34)18-26(29)36-30(40)43-32(2,3)4/h20-27,29,38H,11-19H2,1-10H3,(H,36,40)(H,37,41)/t20-,21+,22-,23-,24+,25+,26-,27+,29+,34+,35-/m1/s1. The van der Waals surface area contributed by atoms with E-state index in [1.807, 2.05) is 41.5 Å². The molecule has 0 aromatic carbocycles. The number of methoxy groups -OCH3 is 1. The van der Waals surface area contributed by atoms with E-state index >= 15 is 0 Å². The second kappa shape index (κ2) is 12.6. The molecule has 4 saturated carbocycles. The van der Waals surface area contributed by atoms with Crippen LogP contribution in [-0.4, -0.2) is 59.8 Å². The molecule has 4 aliphatic carbocycles. The Balaban J connectivity index is 1.74. The van der Waals surface area contributed by atoms with Crippen LogP contribution in [0.4, 0.5) is 9.59 Å². The molecule has 0 saturated heterocycles. The lowest BCUT2D eigenvalue weighted by molar-refractivity contribution is -0.152. The fourth-order valence-corrected chi connectivity index (χ4v) is 10.1. The number of hydrogen-bond acceptors (Lipinski definition) is 7. The fraction of sp³-hybridized carbons (Fsp3) is 0.914. The van der Waals surface area contributed by atoms with Crippen molar-refractivity contribution in [1.29, 1.82) is 0 Å². The number of hydrogen-bond donors (Lipinski definition) is 3. The number of amides is 2. The minimum Gasteiger partial charge on any atom is -0.469 e. The first-order valence-electron chi connectivity index (χ1n) is 17.0. The quantitative estimate of drug-likeness (QED) is 0.226. The Morgan fingerprint density at radius 3 is 2.09 bits per heavy atom. The first kappa shape index (κ1) is 34.8. The molecule has 0 aliphatic heterocycles. The van der Waals surface area contributed by atoms with E-state index in [0.717, 1.165) is 51.4 Å². The van der Waals surface area contributed by atoms with Crippen molar-refractivity contribution in [3.05, 3.63) is 0 Å². The number of carbonyl (C=O) groups excluding carboxylic acids is 3. The smallest absolute Gasteiger partial charge is 0.407 e. The van der Waals surface area contributed by atoms with Crippen molar-refractivity contribution < 1.29 is 33.7 Å². The number of alkyl carbamates (subject to hydrolysis) is 2. The number of nitrogens with one attached hydrogen (secondary N) is 2. The van der Waals surface area contributed by atoms with Gasteiger partial charge in [-0.1, -0.05) is 20.8 Å². The summed E-state index contributed by atoms with van der Waals surface area (Å²) in [5.74, 6) is 1.29. The van der Waals surface area contributed by atoms with E-state index in [9.17, 15) is 19.5 Å². The highest BCUT2D eigenvalue weighted by Gasteiger charge is 2.66. The summed E-state index contributed by atoms with van der Waals surface area (Å²) in [6.45, 7) is 18.3. The molecule has 0 spiro atoms. The third kappa shape index (κ3) is 7.18. The van der Waals surface area contributed by atoms with Gasteiger partial charge in [0.1, 0.15) is 11.2 Å². The van der Waals surface area contributed by atoms with E-state index < -0.39 is 23.4 Å². The molecule has 0 radical (unpaired) electrons. The number of ether oxygens (including phenoxy) is 3.